The quantitative estimate of drug-likeness (QED) is 0.652. The minimum Gasteiger partial charge on any atom is -0.493 e. The first-order chi connectivity index (χ1) is 11.1. The fraction of sp³-hybridized carbons (Fsp3) is 0.611. The largest absolute Gasteiger partial charge is 0.493 e. The second kappa shape index (κ2) is 10.9. The number of benzene rings is 1. The van der Waals surface area contributed by atoms with Crippen LogP contribution >= 0.6 is 0 Å². The summed E-state index contributed by atoms with van der Waals surface area (Å²) in [6.45, 7) is 13.1. The second-order valence-electron chi connectivity index (χ2n) is 5.63. The minimum atomic E-state index is -0.107. The molecule has 0 fully saturated rings. The summed E-state index contributed by atoms with van der Waals surface area (Å²) in [7, 11) is 0. The molecule has 0 aliphatic rings. The van der Waals surface area contributed by atoms with E-state index in [9.17, 15) is 4.79 Å². The van der Waals surface area contributed by atoms with E-state index in [0.717, 1.165) is 42.9 Å². The van der Waals surface area contributed by atoms with Crippen molar-refractivity contribution in [2.24, 2.45) is 0 Å². The van der Waals surface area contributed by atoms with E-state index in [-0.39, 0.29) is 6.03 Å². The van der Waals surface area contributed by atoms with Crippen LogP contribution in [0.5, 0.6) is 5.75 Å². The fourth-order valence-electron chi connectivity index (χ4n) is 2.41. The smallest absolute Gasteiger partial charge is 0.314 e. The van der Waals surface area contributed by atoms with Crippen LogP contribution in [0.15, 0.2) is 18.2 Å². The molecule has 0 aliphatic heterocycles. The Hall–Kier alpha value is -1.75. The Morgan fingerprint density at radius 3 is 2.30 bits per heavy atom. The molecule has 0 atom stereocenters. The first-order valence-corrected chi connectivity index (χ1v) is 8.51. The fourth-order valence-corrected chi connectivity index (χ4v) is 2.41. The Balaban J connectivity index is 2.12. The molecule has 0 unspecified atom stereocenters. The van der Waals surface area contributed by atoms with Crippen LogP contribution in [-0.2, 0) is 0 Å². The van der Waals surface area contributed by atoms with Crippen molar-refractivity contribution in [1.82, 2.24) is 15.5 Å². The average Bonchev–Trinajstić information content (AvgIpc) is 2.53. The molecule has 2 amide bonds. The maximum absolute atomic E-state index is 11.7. The predicted molar refractivity (Wildman–Crippen MR) is 95.2 cm³/mol. The summed E-state index contributed by atoms with van der Waals surface area (Å²) >= 11 is 0. The monoisotopic (exact) mass is 321 g/mol. The number of nitrogens with one attached hydrogen (secondary N) is 2. The summed E-state index contributed by atoms with van der Waals surface area (Å²) in [5.74, 6) is 0.955. The van der Waals surface area contributed by atoms with Gasteiger partial charge in [-0.25, -0.2) is 4.79 Å². The molecular weight excluding hydrogens is 290 g/mol. The van der Waals surface area contributed by atoms with Gasteiger partial charge in [0.2, 0.25) is 0 Å². The molecule has 0 saturated heterocycles. The summed E-state index contributed by atoms with van der Waals surface area (Å²) in [5.41, 5.74) is 2.29. The summed E-state index contributed by atoms with van der Waals surface area (Å²) < 4.78 is 5.81. The number of aryl methyl sites for hydroxylation is 2. The molecule has 5 nitrogen and oxygen atoms in total. The molecule has 23 heavy (non-hydrogen) atoms. The van der Waals surface area contributed by atoms with Gasteiger partial charge in [-0.05, 0) is 44.5 Å². The van der Waals surface area contributed by atoms with Crippen molar-refractivity contribution in [3.05, 3.63) is 29.3 Å². The van der Waals surface area contributed by atoms with E-state index < -0.39 is 0 Å². The van der Waals surface area contributed by atoms with Crippen molar-refractivity contribution in [2.45, 2.75) is 34.1 Å². The van der Waals surface area contributed by atoms with Gasteiger partial charge in [0, 0.05) is 19.6 Å². The Labute approximate surface area is 140 Å². The molecule has 0 spiro atoms. The number of rotatable bonds is 10. The lowest BCUT2D eigenvalue weighted by Gasteiger charge is -2.18. The van der Waals surface area contributed by atoms with Crippen molar-refractivity contribution < 1.29 is 9.53 Å². The third-order valence-electron chi connectivity index (χ3n) is 3.87. The van der Waals surface area contributed by atoms with Crippen LogP contribution in [0.1, 0.15) is 31.4 Å². The number of para-hydroxylation sites is 1. The van der Waals surface area contributed by atoms with Crippen molar-refractivity contribution in [3.8, 4) is 5.75 Å². The topological polar surface area (TPSA) is 53.6 Å². The average molecular weight is 321 g/mol. The van der Waals surface area contributed by atoms with Crippen molar-refractivity contribution in [1.29, 1.82) is 0 Å². The molecular formula is C18H31N3O2. The lowest BCUT2D eigenvalue weighted by Crippen LogP contribution is -2.40. The van der Waals surface area contributed by atoms with Gasteiger partial charge in [-0.1, -0.05) is 32.0 Å². The van der Waals surface area contributed by atoms with E-state index in [1.54, 1.807) is 0 Å². The maximum Gasteiger partial charge on any atom is 0.314 e. The van der Waals surface area contributed by atoms with E-state index in [0.29, 0.717) is 19.7 Å². The van der Waals surface area contributed by atoms with E-state index >= 15 is 0 Å². The summed E-state index contributed by atoms with van der Waals surface area (Å²) in [6, 6.07) is 6.01. The number of amides is 2. The van der Waals surface area contributed by atoms with Crippen LogP contribution in [-0.4, -0.2) is 50.3 Å². The number of hydrogen-bond acceptors (Lipinski definition) is 3. The van der Waals surface area contributed by atoms with E-state index in [2.05, 4.69) is 29.4 Å². The third kappa shape index (κ3) is 7.37. The zero-order valence-corrected chi connectivity index (χ0v) is 14.9. The van der Waals surface area contributed by atoms with Gasteiger partial charge in [0.1, 0.15) is 5.75 Å². The number of hydrogen-bond donors (Lipinski definition) is 2. The van der Waals surface area contributed by atoms with Crippen molar-refractivity contribution in [3.63, 3.8) is 0 Å². The summed E-state index contributed by atoms with van der Waals surface area (Å²) in [6.07, 6.45) is 0.789. The van der Waals surface area contributed by atoms with Gasteiger partial charge in [-0.15, -0.1) is 0 Å². The van der Waals surface area contributed by atoms with Gasteiger partial charge in [0.25, 0.3) is 0 Å². The highest BCUT2D eigenvalue weighted by molar-refractivity contribution is 5.73. The van der Waals surface area contributed by atoms with Gasteiger partial charge in [0.05, 0.1) is 6.61 Å². The van der Waals surface area contributed by atoms with Crippen LogP contribution in [0.2, 0.25) is 0 Å². The number of likely N-dealkylation sites (N-methyl/N-ethyl adjacent to an activating group) is 1. The lowest BCUT2D eigenvalue weighted by molar-refractivity contribution is 0.235. The highest BCUT2D eigenvalue weighted by Gasteiger charge is 2.04. The first-order valence-electron chi connectivity index (χ1n) is 8.51. The second-order valence-corrected chi connectivity index (χ2v) is 5.63. The number of nitrogens with zero attached hydrogens (tertiary/aromatic N) is 1. The zero-order chi connectivity index (χ0) is 17.1. The standard InChI is InChI=1S/C18H31N3O2/c1-5-21(6-2)13-12-20-18(22)19-11-8-14-23-17-15(3)9-7-10-16(17)4/h7,9-10H,5-6,8,11-14H2,1-4H3,(H2,19,20,22). The molecule has 0 heterocycles. The highest BCUT2D eigenvalue weighted by atomic mass is 16.5. The van der Waals surface area contributed by atoms with Gasteiger partial charge >= 0.3 is 6.03 Å². The molecule has 0 radical (unpaired) electrons. The Morgan fingerprint density at radius 1 is 1.09 bits per heavy atom. The number of carbonyl (C=O) groups is 1. The van der Waals surface area contributed by atoms with Gasteiger partial charge < -0.3 is 20.3 Å². The van der Waals surface area contributed by atoms with Crippen molar-refractivity contribution in [2.75, 3.05) is 39.3 Å². The molecule has 0 aromatic heterocycles. The van der Waals surface area contributed by atoms with Gasteiger partial charge in [-0.2, -0.15) is 0 Å². The normalized spacial score (nSPS) is 10.7. The summed E-state index contributed by atoms with van der Waals surface area (Å²) in [4.78, 5) is 13.9. The molecule has 2 N–H and O–H groups in total. The van der Waals surface area contributed by atoms with Crippen LogP contribution in [0, 0.1) is 13.8 Å². The Bertz CT molecular complexity index is 453. The molecule has 1 aromatic carbocycles. The van der Waals surface area contributed by atoms with Gasteiger partial charge in [0.15, 0.2) is 0 Å². The molecule has 0 bridgehead atoms. The molecule has 1 aromatic rings. The number of carbonyl (C=O) groups excluding carboxylic acids is 1. The van der Waals surface area contributed by atoms with Crippen LogP contribution in [0.4, 0.5) is 4.79 Å². The lowest BCUT2D eigenvalue weighted by atomic mass is 10.1. The molecule has 1 rings (SSSR count). The number of ether oxygens (including phenoxy) is 1. The molecule has 130 valence electrons. The molecule has 0 saturated carbocycles. The SMILES string of the molecule is CCN(CC)CCNC(=O)NCCCOc1c(C)cccc1C. The summed E-state index contributed by atoms with van der Waals surface area (Å²) in [5, 5.41) is 5.74. The van der Waals surface area contributed by atoms with E-state index in [1.165, 1.54) is 0 Å². The zero-order valence-electron chi connectivity index (χ0n) is 14.9. The molecule has 5 heteroatoms. The van der Waals surface area contributed by atoms with E-state index in [1.807, 2.05) is 32.0 Å². The first kappa shape index (κ1) is 19.3. The number of urea groups is 1. The van der Waals surface area contributed by atoms with Crippen LogP contribution in [0.25, 0.3) is 0 Å². The van der Waals surface area contributed by atoms with Crippen LogP contribution < -0.4 is 15.4 Å². The maximum atomic E-state index is 11.7. The Morgan fingerprint density at radius 2 is 1.70 bits per heavy atom. The van der Waals surface area contributed by atoms with Crippen molar-refractivity contribution >= 4 is 6.03 Å². The minimum absolute atomic E-state index is 0.107. The highest BCUT2D eigenvalue weighted by Crippen LogP contribution is 2.22. The van der Waals surface area contributed by atoms with Gasteiger partial charge in [-0.3, -0.25) is 0 Å². The van der Waals surface area contributed by atoms with E-state index in [4.69, 9.17) is 4.74 Å². The predicted octanol–water partition coefficient (Wildman–Crippen LogP) is 2.71. The van der Waals surface area contributed by atoms with Crippen LogP contribution in [0.3, 0.4) is 0 Å². The molecule has 0 aliphatic carbocycles. The Kier molecular flexibility index (Phi) is 9.14. The third-order valence-corrected chi connectivity index (χ3v) is 3.87.